The van der Waals surface area contributed by atoms with Gasteiger partial charge in [0.1, 0.15) is 5.60 Å². The fourth-order valence-corrected chi connectivity index (χ4v) is 4.42. The zero-order valence-electron chi connectivity index (χ0n) is 15.6. The second-order valence-electron chi connectivity index (χ2n) is 7.19. The van der Waals surface area contributed by atoms with Crippen molar-refractivity contribution < 1.29 is 32.8 Å². The number of piperidine rings is 1. The molecule has 0 aliphatic carbocycles. The lowest BCUT2D eigenvalue weighted by atomic mass is 9.85. The van der Waals surface area contributed by atoms with E-state index in [1.54, 1.807) is 24.3 Å². The molecule has 0 unspecified atom stereocenters. The molecule has 0 spiro atoms. The smallest absolute Gasteiger partial charge is 0.452 e. The third kappa shape index (κ3) is 5.82. The number of thiophene rings is 1. The summed E-state index contributed by atoms with van der Waals surface area (Å²) in [5.74, 6) is -2.15. The Kier molecular flexibility index (Phi) is 6.67. The lowest BCUT2D eigenvalue weighted by Crippen LogP contribution is -2.49. The molecular formula is C19H21BF3NO4S. The first-order valence-electron chi connectivity index (χ1n) is 9.18. The fourth-order valence-electron chi connectivity index (χ4n) is 3.49. The first-order valence-corrected chi connectivity index (χ1v) is 10.00. The molecule has 0 bridgehead atoms. The molecule has 2 aromatic rings. The van der Waals surface area contributed by atoms with E-state index in [0.29, 0.717) is 24.4 Å². The number of carbonyl (C=O) groups is 1. The Morgan fingerprint density at radius 2 is 1.79 bits per heavy atom. The molecule has 1 aliphatic heterocycles. The van der Waals surface area contributed by atoms with E-state index >= 15 is 0 Å². The molecule has 1 aliphatic rings. The van der Waals surface area contributed by atoms with Crippen LogP contribution in [0.4, 0.5) is 13.2 Å². The number of halogens is 3. The van der Waals surface area contributed by atoms with E-state index in [9.17, 15) is 28.0 Å². The second-order valence-corrected chi connectivity index (χ2v) is 8.39. The average molecular weight is 427 g/mol. The zero-order chi connectivity index (χ0) is 21.1. The Hall–Kier alpha value is -1.88. The van der Waals surface area contributed by atoms with E-state index < -0.39 is 24.9 Å². The van der Waals surface area contributed by atoms with E-state index in [1.165, 1.54) is 11.3 Å². The van der Waals surface area contributed by atoms with Gasteiger partial charge in [0.25, 0.3) is 0 Å². The molecule has 2 heterocycles. The standard InChI is InChI=1S/C19H21BF3NO4S/c21-19(22,23)17(25)28-18(12-14-4-2-1-3-5-14)8-10-24(11-9-18)13-15-6-7-16(29-15)20(26)27/h1-7,26-27H,8-13H2. The van der Waals surface area contributed by atoms with Gasteiger partial charge in [0, 0.05) is 48.6 Å². The Morgan fingerprint density at radius 1 is 1.14 bits per heavy atom. The van der Waals surface area contributed by atoms with Crippen molar-refractivity contribution >= 4 is 29.2 Å². The predicted molar refractivity (Wildman–Crippen MR) is 104 cm³/mol. The number of hydrogen-bond donors (Lipinski definition) is 2. The molecule has 3 rings (SSSR count). The molecule has 29 heavy (non-hydrogen) atoms. The highest BCUT2D eigenvalue weighted by atomic mass is 32.1. The number of likely N-dealkylation sites (tertiary alicyclic amines) is 1. The first kappa shape index (κ1) is 21.8. The van der Waals surface area contributed by atoms with Crippen LogP contribution in [0.3, 0.4) is 0 Å². The normalized spacial score (nSPS) is 17.1. The van der Waals surface area contributed by atoms with Crippen LogP contribution in [0.1, 0.15) is 23.3 Å². The van der Waals surface area contributed by atoms with Gasteiger partial charge in [-0.05, 0) is 11.6 Å². The lowest BCUT2D eigenvalue weighted by molar-refractivity contribution is -0.217. The summed E-state index contributed by atoms with van der Waals surface area (Å²) in [4.78, 5) is 14.5. The molecule has 0 radical (unpaired) electrons. The van der Waals surface area contributed by atoms with E-state index in [-0.39, 0.29) is 19.3 Å². The maximum Gasteiger partial charge on any atom is 0.499 e. The van der Waals surface area contributed by atoms with Gasteiger partial charge in [-0.3, -0.25) is 4.90 Å². The van der Waals surface area contributed by atoms with E-state index in [4.69, 9.17) is 4.74 Å². The maximum absolute atomic E-state index is 12.8. The van der Waals surface area contributed by atoms with E-state index in [0.717, 1.165) is 10.4 Å². The Labute approximate surface area is 170 Å². The van der Waals surface area contributed by atoms with Crippen molar-refractivity contribution in [1.82, 2.24) is 4.90 Å². The number of benzene rings is 1. The van der Waals surface area contributed by atoms with Gasteiger partial charge in [0.2, 0.25) is 0 Å². The van der Waals surface area contributed by atoms with Crippen LogP contribution in [0.5, 0.6) is 0 Å². The number of carbonyl (C=O) groups excluding carboxylic acids is 1. The quantitative estimate of drug-likeness (QED) is 0.546. The summed E-state index contributed by atoms with van der Waals surface area (Å²) in [6, 6.07) is 12.5. The minimum Gasteiger partial charge on any atom is -0.452 e. The van der Waals surface area contributed by atoms with Crippen LogP contribution in [0, 0.1) is 0 Å². The van der Waals surface area contributed by atoms with Crippen molar-refractivity contribution in [3.8, 4) is 0 Å². The third-order valence-corrected chi connectivity index (χ3v) is 6.10. The second kappa shape index (κ2) is 8.87. The number of alkyl halides is 3. The number of nitrogens with zero attached hydrogens (tertiary/aromatic N) is 1. The van der Waals surface area contributed by atoms with E-state index in [1.807, 2.05) is 18.2 Å². The molecule has 1 fully saturated rings. The molecule has 1 saturated heterocycles. The van der Waals surface area contributed by atoms with Crippen LogP contribution >= 0.6 is 11.3 Å². The molecule has 1 aromatic carbocycles. The molecule has 0 saturated carbocycles. The molecule has 2 N–H and O–H groups in total. The Morgan fingerprint density at radius 3 is 2.34 bits per heavy atom. The number of ether oxygens (including phenoxy) is 1. The molecular weight excluding hydrogens is 406 g/mol. The topological polar surface area (TPSA) is 70.0 Å². The lowest BCUT2D eigenvalue weighted by Gasteiger charge is -2.41. The highest BCUT2D eigenvalue weighted by Crippen LogP contribution is 2.33. The van der Waals surface area contributed by atoms with Gasteiger partial charge in [0.15, 0.2) is 0 Å². The van der Waals surface area contributed by atoms with Crippen LogP contribution in [0.25, 0.3) is 0 Å². The summed E-state index contributed by atoms with van der Waals surface area (Å²) >= 11 is 1.28. The molecule has 0 amide bonds. The summed E-state index contributed by atoms with van der Waals surface area (Å²) in [7, 11) is -1.52. The van der Waals surface area contributed by atoms with Crippen molar-refractivity contribution in [3.63, 3.8) is 0 Å². The van der Waals surface area contributed by atoms with Gasteiger partial charge in [-0.25, -0.2) is 4.79 Å². The van der Waals surface area contributed by atoms with Gasteiger partial charge in [-0.15, -0.1) is 11.3 Å². The maximum atomic E-state index is 12.8. The minimum absolute atomic E-state index is 0.226. The monoisotopic (exact) mass is 427 g/mol. The van der Waals surface area contributed by atoms with Crippen LogP contribution < -0.4 is 4.78 Å². The van der Waals surface area contributed by atoms with E-state index in [2.05, 4.69) is 4.90 Å². The summed E-state index contributed by atoms with van der Waals surface area (Å²) < 4.78 is 43.9. The largest absolute Gasteiger partial charge is 0.499 e. The van der Waals surface area contributed by atoms with Crippen LogP contribution in [-0.4, -0.2) is 52.9 Å². The SMILES string of the molecule is O=C(OC1(Cc2ccccc2)CCN(Cc2ccc(B(O)O)s2)CC1)C(F)(F)F. The van der Waals surface area contributed by atoms with Crippen LogP contribution in [0.15, 0.2) is 42.5 Å². The Bertz CT molecular complexity index is 820. The van der Waals surface area contributed by atoms with Gasteiger partial charge in [-0.1, -0.05) is 36.4 Å². The van der Waals surface area contributed by atoms with Crippen LogP contribution in [-0.2, 0) is 22.5 Å². The zero-order valence-corrected chi connectivity index (χ0v) is 16.4. The fraction of sp³-hybridized carbons (Fsp3) is 0.421. The average Bonchev–Trinajstić information content (AvgIpc) is 3.13. The predicted octanol–water partition coefficient (Wildman–Crippen LogP) is 2.11. The molecule has 1 aromatic heterocycles. The number of hydrogen-bond acceptors (Lipinski definition) is 6. The summed E-state index contributed by atoms with van der Waals surface area (Å²) in [5.41, 5.74) is -0.387. The van der Waals surface area contributed by atoms with Gasteiger partial charge in [-0.2, -0.15) is 13.2 Å². The summed E-state index contributed by atoms with van der Waals surface area (Å²) in [6.07, 6.45) is -4.24. The molecule has 0 atom stereocenters. The Balaban J connectivity index is 1.68. The molecule has 156 valence electrons. The molecule has 5 nitrogen and oxygen atoms in total. The van der Waals surface area contributed by atoms with Crippen molar-refractivity contribution in [1.29, 1.82) is 0 Å². The van der Waals surface area contributed by atoms with Gasteiger partial charge < -0.3 is 14.8 Å². The molecule has 10 heteroatoms. The van der Waals surface area contributed by atoms with Crippen LogP contribution in [0.2, 0.25) is 0 Å². The minimum atomic E-state index is -5.03. The third-order valence-electron chi connectivity index (χ3n) is 4.99. The number of esters is 1. The highest BCUT2D eigenvalue weighted by molar-refractivity contribution is 7.22. The van der Waals surface area contributed by atoms with Crippen molar-refractivity contribution in [2.75, 3.05) is 13.1 Å². The van der Waals surface area contributed by atoms with Crippen molar-refractivity contribution in [2.45, 2.75) is 37.6 Å². The summed E-state index contributed by atoms with van der Waals surface area (Å²) in [6.45, 7) is 1.48. The van der Waals surface area contributed by atoms with Gasteiger partial charge in [0.05, 0.1) is 0 Å². The first-order chi connectivity index (χ1) is 13.7. The highest BCUT2D eigenvalue weighted by Gasteiger charge is 2.47. The van der Waals surface area contributed by atoms with Gasteiger partial charge >= 0.3 is 19.3 Å². The summed E-state index contributed by atoms with van der Waals surface area (Å²) in [5, 5.41) is 18.4. The van der Waals surface area contributed by atoms with Crippen molar-refractivity contribution in [3.05, 3.63) is 52.9 Å². The number of rotatable bonds is 6. The van der Waals surface area contributed by atoms with Crippen molar-refractivity contribution in [2.24, 2.45) is 0 Å².